The highest BCUT2D eigenvalue weighted by Crippen LogP contribution is 2.10. The van der Waals surface area contributed by atoms with Crippen molar-refractivity contribution in [1.82, 2.24) is 9.71 Å². The average Bonchev–Trinajstić information content (AvgIpc) is 2.34. The number of hydrogen-bond donors (Lipinski definition) is 0. The van der Waals surface area contributed by atoms with Crippen LogP contribution < -0.4 is 0 Å². The normalized spacial score (nSPS) is 24.6. The van der Waals surface area contributed by atoms with Gasteiger partial charge in [0, 0.05) is 26.2 Å². The summed E-state index contributed by atoms with van der Waals surface area (Å²) in [6.45, 7) is 4.06. The second-order valence-electron chi connectivity index (χ2n) is 2.72. The Hall–Kier alpha value is -0.665. The highest BCUT2D eigenvalue weighted by atomic mass is 15.4. The number of nitrogens with zero attached hydrogens (tertiary/aromatic N) is 3. The molecule has 0 aromatic heterocycles. The molecule has 52 valence electrons. The zero-order chi connectivity index (χ0) is 6.97. The van der Waals surface area contributed by atoms with Crippen molar-refractivity contribution >= 4 is 13.9 Å². The van der Waals surface area contributed by atoms with Gasteiger partial charge in [-0.1, -0.05) is 0 Å². The van der Waals surface area contributed by atoms with Gasteiger partial charge in [0.1, 0.15) is 0 Å². The molecule has 2 rings (SSSR count). The highest BCUT2D eigenvalue weighted by molar-refractivity contribution is 6.15. The smallest absolute Gasteiger partial charge is 0.230 e. The molecule has 0 aliphatic carbocycles. The minimum atomic E-state index is 0.929. The number of rotatable bonds is 0. The third-order valence-corrected chi connectivity index (χ3v) is 1.99. The molecule has 2 aliphatic rings. The molecule has 0 bridgehead atoms. The summed E-state index contributed by atoms with van der Waals surface area (Å²) in [6.07, 6.45) is 1.18. The molecule has 0 spiro atoms. The standard InChI is InChI=1S/C6H10BN3/c7-10-5-4-9-3-1-2-8-6(9)10/h1-5H2. The van der Waals surface area contributed by atoms with Gasteiger partial charge in [-0.25, -0.2) is 0 Å². The fourth-order valence-corrected chi connectivity index (χ4v) is 1.45. The van der Waals surface area contributed by atoms with Gasteiger partial charge in [-0.15, -0.1) is 0 Å². The van der Waals surface area contributed by atoms with Crippen LogP contribution in [-0.2, 0) is 0 Å². The van der Waals surface area contributed by atoms with Crippen LogP contribution in [0.2, 0.25) is 0 Å². The van der Waals surface area contributed by atoms with E-state index in [0.717, 1.165) is 32.1 Å². The van der Waals surface area contributed by atoms with Crippen LogP contribution in [0.15, 0.2) is 4.99 Å². The van der Waals surface area contributed by atoms with Crippen LogP contribution in [-0.4, -0.2) is 49.8 Å². The van der Waals surface area contributed by atoms with Crippen LogP contribution in [0.25, 0.3) is 0 Å². The molecular weight excluding hydrogens is 125 g/mol. The molecule has 1 fully saturated rings. The molecule has 2 radical (unpaired) electrons. The summed E-state index contributed by atoms with van der Waals surface area (Å²) in [5.41, 5.74) is 0. The molecule has 3 nitrogen and oxygen atoms in total. The summed E-state index contributed by atoms with van der Waals surface area (Å²) >= 11 is 0. The van der Waals surface area contributed by atoms with Crippen LogP contribution in [0.3, 0.4) is 0 Å². The van der Waals surface area contributed by atoms with Gasteiger partial charge in [-0.05, 0) is 6.42 Å². The summed E-state index contributed by atoms with van der Waals surface area (Å²) in [6, 6.07) is 0. The van der Waals surface area contributed by atoms with Crippen molar-refractivity contribution in [1.29, 1.82) is 0 Å². The predicted molar refractivity (Wildman–Crippen MR) is 41.0 cm³/mol. The largest absolute Gasteiger partial charge is 0.395 e. The van der Waals surface area contributed by atoms with E-state index in [0.29, 0.717) is 0 Å². The lowest BCUT2D eigenvalue weighted by Crippen LogP contribution is -2.36. The average molecular weight is 135 g/mol. The quantitative estimate of drug-likeness (QED) is 0.415. The molecule has 2 aliphatic heterocycles. The lowest BCUT2D eigenvalue weighted by molar-refractivity contribution is 0.433. The van der Waals surface area contributed by atoms with Gasteiger partial charge in [0.25, 0.3) is 0 Å². The molecule has 10 heavy (non-hydrogen) atoms. The van der Waals surface area contributed by atoms with Gasteiger partial charge in [-0.3, -0.25) is 4.99 Å². The first-order valence-electron chi connectivity index (χ1n) is 3.69. The number of aliphatic imine (C=N–C) groups is 1. The Balaban J connectivity index is 2.19. The van der Waals surface area contributed by atoms with Crippen LogP contribution in [0.5, 0.6) is 0 Å². The van der Waals surface area contributed by atoms with E-state index >= 15 is 0 Å². The van der Waals surface area contributed by atoms with Crippen molar-refractivity contribution in [2.24, 2.45) is 4.99 Å². The van der Waals surface area contributed by atoms with Crippen molar-refractivity contribution in [2.45, 2.75) is 6.42 Å². The van der Waals surface area contributed by atoms with Crippen LogP contribution in [0.1, 0.15) is 6.42 Å². The predicted octanol–water partition coefficient (Wildman–Crippen LogP) is -0.553. The van der Waals surface area contributed by atoms with Gasteiger partial charge in [0.15, 0.2) is 5.96 Å². The van der Waals surface area contributed by atoms with E-state index in [1.165, 1.54) is 6.42 Å². The summed E-state index contributed by atoms with van der Waals surface area (Å²) in [7, 11) is 5.65. The van der Waals surface area contributed by atoms with Crippen LogP contribution in [0, 0.1) is 0 Å². The van der Waals surface area contributed by atoms with E-state index in [4.69, 9.17) is 7.98 Å². The Morgan fingerprint density at radius 1 is 1.30 bits per heavy atom. The topological polar surface area (TPSA) is 18.8 Å². The highest BCUT2D eigenvalue weighted by Gasteiger charge is 2.23. The molecule has 0 N–H and O–H groups in total. The minimum Gasteiger partial charge on any atom is -0.395 e. The van der Waals surface area contributed by atoms with E-state index in [1.54, 1.807) is 4.81 Å². The summed E-state index contributed by atoms with van der Waals surface area (Å²) < 4.78 is 0. The fourth-order valence-electron chi connectivity index (χ4n) is 1.45. The summed E-state index contributed by atoms with van der Waals surface area (Å²) in [4.78, 5) is 8.29. The third kappa shape index (κ3) is 0.787. The van der Waals surface area contributed by atoms with Crippen molar-refractivity contribution in [3.63, 3.8) is 0 Å². The lowest BCUT2D eigenvalue weighted by Gasteiger charge is -2.24. The second kappa shape index (κ2) is 2.18. The third-order valence-electron chi connectivity index (χ3n) is 1.99. The molecular formula is C6H10BN3. The Labute approximate surface area is 62.1 Å². The monoisotopic (exact) mass is 135 g/mol. The zero-order valence-electron chi connectivity index (χ0n) is 5.95. The fraction of sp³-hybridized carbons (Fsp3) is 0.833. The first-order chi connectivity index (χ1) is 4.88. The Morgan fingerprint density at radius 2 is 2.20 bits per heavy atom. The van der Waals surface area contributed by atoms with Gasteiger partial charge < -0.3 is 9.71 Å². The van der Waals surface area contributed by atoms with Crippen molar-refractivity contribution in [2.75, 3.05) is 26.2 Å². The summed E-state index contributed by atoms with van der Waals surface area (Å²) in [5, 5.41) is 0. The zero-order valence-corrected chi connectivity index (χ0v) is 5.95. The van der Waals surface area contributed by atoms with E-state index in [2.05, 4.69) is 9.89 Å². The molecule has 0 atom stereocenters. The first-order valence-corrected chi connectivity index (χ1v) is 3.69. The van der Waals surface area contributed by atoms with Gasteiger partial charge in [-0.2, -0.15) is 0 Å². The molecule has 1 saturated heterocycles. The maximum Gasteiger partial charge on any atom is 0.230 e. The van der Waals surface area contributed by atoms with Crippen molar-refractivity contribution < 1.29 is 0 Å². The minimum absolute atomic E-state index is 0.929. The molecule has 0 amide bonds. The maximum absolute atomic E-state index is 5.65. The summed E-state index contributed by atoms with van der Waals surface area (Å²) in [5.74, 6) is 0.992. The van der Waals surface area contributed by atoms with Gasteiger partial charge >= 0.3 is 0 Å². The maximum atomic E-state index is 5.65. The Morgan fingerprint density at radius 3 is 3.00 bits per heavy atom. The van der Waals surface area contributed by atoms with Crippen molar-refractivity contribution in [3.05, 3.63) is 0 Å². The molecule has 0 saturated carbocycles. The molecule has 4 heteroatoms. The molecule has 0 unspecified atom stereocenters. The number of hydrogen-bond acceptors (Lipinski definition) is 3. The van der Waals surface area contributed by atoms with Crippen LogP contribution >= 0.6 is 0 Å². The van der Waals surface area contributed by atoms with E-state index in [-0.39, 0.29) is 0 Å². The first kappa shape index (κ1) is 6.07. The SMILES string of the molecule is [B]N1CCN2CCCN=C12. The Kier molecular flexibility index (Phi) is 1.32. The van der Waals surface area contributed by atoms with Gasteiger partial charge in [0.05, 0.1) is 0 Å². The molecule has 0 aromatic carbocycles. The molecule has 2 heterocycles. The molecule has 0 aromatic rings. The number of guanidine groups is 1. The van der Waals surface area contributed by atoms with Crippen LogP contribution in [0.4, 0.5) is 0 Å². The lowest BCUT2D eigenvalue weighted by atomic mass is 10.3. The van der Waals surface area contributed by atoms with Gasteiger partial charge in [0.2, 0.25) is 7.98 Å². The van der Waals surface area contributed by atoms with Crippen molar-refractivity contribution in [3.8, 4) is 0 Å². The number of fused-ring (bicyclic) bond motifs is 1. The second-order valence-corrected chi connectivity index (χ2v) is 2.72. The Bertz CT molecular complexity index is 168. The van der Waals surface area contributed by atoms with E-state index in [9.17, 15) is 0 Å². The van der Waals surface area contributed by atoms with E-state index in [1.807, 2.05) is 0 Å². The van der Waals surface area contributed by atoms with E-state index < -0.39 is 0 Å².